The third-order valence-corrected chi connectivity index (χ3v) is 5.79. The van der Waals surface area contributed by atoms with E-state index in [1.807, 2.05) is 45.0 Å². The first-order valence-electron chi connectivity index (χ1n) is 11.3. The minimum Gasteiger partial charge on any atom is -0.493 e. The van der Waals surface area contributed by atoms with Crippen LogP contribution < -0.4 is 10.1 Å². The van der Waals surface area contributed by atoms with Crippen molar-refractivity contribution in [3.05, 3.63) is 52.4 Å². The fourth-order valence-corrected chi connectivity index (χ4v) is 4.47. The zero-order valence-corrected chi connectivity index (χ0v) is 19.6. The van der Waals surface area contributed by atoms with Crippen LogP contribution >= 0.6 is 0 Å². The molecule has 2 aliphatic rings. The number of Topliss-reactive ketones (excluding diaryl/α,β-unsaturated/α-hetero) is 1. The van der Waals surface area contributed by atoms with Crippen molar-refractivity contribution in [3.63, 3.8) is 0 Å². The maximum atomic E-state index is 13.4. The van der Waals surface area contributed by atoms with Crippen LogP contribution in [0.2, 0.25) is 0 Å². The van der Waals surface area contributed by atoms with E-state index in [1.165, 1.54) is 0 Å². The van der Waals surface area contributed by atoms with Gasteiger partial charge in [-0.3, -0.25) is 4.79 Å². The molecule has 0 amide bonds. The van der Waals surface area contributed by atoms with Crippen LogP contribution in [-0.4, -0.2) is 24.5 Å². The molecule has 1 atom stereocenters. The zero-order valence-electron chi connectivity index (χ0n) is 19.6. The number of hydrogen-bond donors (Lipinski definition) is 1. The Kier molecular flexibility index (Phi) is 6.93. The average Bonchev–Trinajstić information content (AvgIpc) is 2.65. The van der Waals surface area contributed by atoms with Crippen molar-refractivity contribution in [2.75, 3.05) is 6.61 Å². The molecule has 168 valence electrons. The summed E-state index contributed by atoms with van der Waals surface area (Å²) in [5.41, 5.74) is 3.53. The molecular weight excluding hydrogens is 390 g/mol. The van der Waals surface area contributed by atoms with Crippen LogP contribution in [-0.2, 0) is 14.3 Å². The first-order chi connectivity index (χ1) is 14.6. The Morgan fingerprint density at radius 2 is 1.94 bits per heavy atom. The molecule has 0 fully saturated rings. The molecule has 5 heteroatoms. The molecule has 1 aliphatic heterocycles. The molecular formula is C26H35NO4. The number of unbranched alkanes of at least 4 members (excludes halogenated alkanes) is 1. The van der Waals surface area contributed by atoms with Crippen molar-refractivity contribution >= 4 is 11.8 Å². The predicted octanol–water partition coefficient (Wildman–Crippen LogP) is 5.42. The van der Waals surface area contributed by atoms with Crippen molar-refractivity contribution < 1.29 is 19.1 Å². The lowest BCUT2D eigenvalue weighted by Crippen LogP contribution is -2.39. The van der Waals surface area contributed by atoms with Gasteiger partial charge < -0.3 is 14.8 Å². The Morgan fingerprint density at radius 3 is 2.61 bits per heavy atom. The number of rotatable bonds is 7. The molecule has 0 saturated carbocycles. The van der Waals surface area contributed by atoms with Crippen molar-refractivity contribution in [3.8, 4) is 5.75 Å². The van der Waals surface area contributed by atoms with E-state index in [1.54, 1.807) is 0 Å². The van der Waals surface area contributed by atoms with Gasteiger partial charge in [0.25, 0.3) is 0 Å². The molecule has 1 aromatic carbocycles. The summed E-state index contributed by atoms with van der Waals surface area (Å²) in [5.74, 6) is -0.0917. The Morgan fingerprint density at radius 1 is 1.23 bits per heavy atom. The minimum absolute atomic E-state index is 0.0782. The van der Waals surface area contributed by atoms with Crippen molar-refractivity contribution in [1.82, 2.24) is 5.32 Å². The quantitative estimate of drug-likeness (QED) is 0.467. The van der Waals surface area contributed by atoms with Crippen LogP contribution in [0.25, 0.3) is 0 Å². The number of hydrogen-bond acceptors (Lipinski definition) is 5. The fourth-order valence-electron chi connectivity index (χ4n) is 4.47. The van der Waals surface area contributed by atoms with E-state index in [2.05, 4.69) is 26.1 Å². The number of benzene rings is 1. The number of carbonyl (C=O) groups excluding carboxylic acids is 2. The Hall–Kier alpha value is -2.56. The maximum absolute atomic E-state index is 13.4. The number of carbonyl (C=O) groups is 2. The number of para-hydroxylation sites is 1. The van der Waals surface area contributed by atoms with Crippen LogP contribution in [0.1, 0.15) is 78.7 Å². The molecule has 1 aliphatic carbocycles. The van der Waals surface area contributed by atoms with Gasteiger partial charge in [-0.25, -0.2) is 4.79 Å². The standard InChI is InChI=1S/C26H35NO4/c1-7-8-13-30-21-12-10-9-11-18(21)23-22(25(29)31-16(2)3)17(4)27-19-14-26(5,6)15-20(28)24(19)23/h9-12,16,23,27H,7-8,13-15H2,1-6H3/t23-/m0/s1. The summed E-state index contributed by atoms with van der Waals surface area (Å²) in [7, 11) is 0. The van der Waals surface area contributed by atoms with Gasteiger partial charge in [0.15, 0.2) is 5.78 Å². The highest BCUT2D eigenvalue weighted by molar-refractivity contribution is 6.04. The highest BCUT2D eigenvalue weighted by Gasteiger charge is 2.44. The SMILES string of the molecule is CCCCOc1ccccc1[C@H]1C(C(=O)OC(C)C)=C(C)NC2=C1C(=O)CC(C)(C)C2. The van der Waals surface area contributed by atoms with Gasteiger partial charge in [0.05, 0.1) is 24.2 Å². The lowest BCUT2D eigenvalue weighted by Gasteiger charge is -2.39. The summed E-state index contributed by atoms with van der Waals surface area (Å²) in [6, 6.07) is 7.74. The van der Waals surface area contributed by atoms with Gasteiger partial charge in [-0.05, 0) is 45.1 Å². The van der Waals surface area contributed by atoms with Gasteiger partial charge in [0.2, 0.25) is 0 Å². The van der Waals surface area contributed by atoms with Crippen LogP contribution in [0, 0.1) is 5.41 Å². The summed E-state index contributed by atoms with van der Waals surface area (Å²) < 4.78 is 11.7. The third-order valence-electron chi connectivity index (χ3n) is 5.79. The number of ketones is 1. The summed E-state index contributed by atoms with van der Waals surface area (Å²) in [4.78, 5) is 26.6. The lowest BCUT2D eigenvalue weighted by atomic mass is 9.68. The highest BCUT2D eigenvalue weighted by atomic mass is 16.5. The van der Waals surface area contributed by atoms with Crippen LogP contribution in [0.3, 0.4) is 0 Å². The van der Waals surface area contributed by atoms with E-state index in [0.717, 1.165) is 42.0 Å². The zero-order chi connectivity index (χ0) is 22.8. The van der Waals surface area contributed by atoms with Crippen molar-refractivity contribution in [2.45, 2.75) is 79.2 Å². The molecule has 1 N–H and O–H groups in total. The van der Waals surface area contributed by atoms with E-state index < -0.39 is 11.9 Å². The second kappa shape index (κ2) is 9.29. The average molecular weight is 426 g/mol. The predicted molar refractivity (Wildman–Crippen MR) is 122 cm³/mol. The summed E-state index contributed by atoms with van der Waals surface area (Å²) in [6.07, 6.45) is 2.94. The first kappa shape index (κ1) is 23.1. The molecule has 0 aromatic heterocycles. The Bertz CT molecular complexity index is 923. The second-order valence-corrected chi connectivity index (χ2v) is 9.62. The van der Waals surface area contributed by atoms with E-state index >= 15 is 0 Å². The van der Waals surface area contributed by atoms with Crippen molar-refractivity contribution in [2.24, 2.45) is 5.41 Å². The topological polar surface area (TPSA) is 64.6 Å². The molecule has 0 unspecified atom stereocenters. The Labute approximate surface area is 185 Å². The summed E-state index contributed by atoms with van der Waals surface area (Å²) in [5, 5.41) is 3.38. The molecule has 3 rings (SSSR count). The molecule has 31 heavy (non-hydrogen) atoms. The Balaban J connectivity index is 2.15. The van der Waals surface area contributed by atoms with Gasteiger partial charge >= 0.3 is 5.97 Å². The normalized spacial score (nSPS) is 20.5. The minimum atomic E-state index is -0.496. The second-order valence-electron chi connectivity index (χ2n) is 9.62. The number of ether oxygens (including phenoxy) is 2. The largest absolute Gasteiger partial charge is 0.493 e. The van der Waals surface area contributed by atoms with Crippen LogP contribution in [0.15, 0.2) is 46.8 Å². The number of nitrogens with one attached hydrogen (secondary N) is 1. The molecule has 0 bridgehead atoms. The molecule has 5 nitrogen and oxygen atoms in total. The van der Waals surface area contributed by atoms with Gasteiger partial charge in [-0.15, -0.1) is 0 Å². The fraction of sp³-hybridized carbons (Fsp3) is 0.538. The molecule has 1 heterocycles. The maximum Gasteiger partial charge on any atom is 0.337 e. The summed E-state index contributed by atoms with van der Waals surface area (Å²) in [6.45, 7) is 12.5. The first-order valence-corrected chi connectivity index (χ1v) is 11.3. The number of allylic oxidation sites excluding steroid dienone is 3. The monoisotopic (exact) mass is 425 g/mol. The lowest BCUT2D eigenvalue weighted by molar-refractivity contribution is -0.143. The summed E-state index contributed by atoms with van der Waals surface area (Å²) >= 11 is 0. The van der Waals surface area contributed by atoms with E-state index in [9.17, 15) is 9.59 Å². The number of dihydropyridines is 1. The van der Waals surface area contributed by atoms with Gasteiger partial charge in [0.1, 0.15) is 5.75 Å². The van der Waals surface area contributed by atoms with Crippen LogP contribution in [0.5, 0.6) is 5.75 Å². The van der Waals surface area contributed by atoms with E-state index in [0.29, 0.717) is 24.2 Å². The number of esters is 1. The molecule has 1 aromatic rings. The molecule has 0 spiro atoms. The molecule has 0 saturated heterocycles. The van der Waals surface area contributed by atoms with E-state index in [4.69, 9.17) is 9.47 Å². The van der Waals surface area contributed by atoms with E-state index in [-0.39, 0.29) is 17.3 Å². The van der Waals surface area contributed by atoms with Gasteiger partial charge in [-0.2, -0.15) is 0 Å². The van der Waals surface area contributed by atoms with Crippen molar-refractivity contribution in [1.29, 1.82) is 0 Å². The van der Waals surface area contributed by atoms with Gasteiger partial charge in [-0.1, -0.05) is 45.4 Å². The third kappa shape index (κ3) is 5.03. The van der Waals surface area contributed by atoms with Gasteiger partial charge in [0, 0.05) is 29.0 Å². The highest BCUT2D eigenvalue weighted by Crippen LogP contribution is 2.48. The smallest absolute Gasteiger partial charge is 0.337 e. The molecule has 0 radical (unpaired) electrons. The van der Waals surface area contributed by atoms with Crippen LogP contribution in [0.4, 0.5) is 0 Å².